The zero-order chi connectivity index (χ0) is 20.6. The number of methoxy groups -OCH3 is 2. The average molecular weight is 451 g/mol. The zero-order valence-corrected chi connectivity index (χ0v) is 17.8. The van der Waals surface area contributed by atoms with Crippen LogP contribution < -0.4 is 28.7 Å². The summed E-state index contributed by atoms with van der Waals surface area (Å²) in [6, 6.07) is 8.61. The van der Waals surface area contributed by atoms with Crippen molar-refractivity contribution in [3.05, 3.63) is 35.7 Å². The van der Waals surface area contributed by atoms with Gasteiger partial charge in [0.05, 0.1) is 24.8 Å². The maximum absolute atomic E-state index is 11.3. The fourth-order valence-corrected chi connectivity index (χ4v) is 5.48. The van der Waals surface area contributed by atoms with E-state index >= 15 is 0 Å². The van der Waals surface area contributed by atoms with Gasteiger partial charge in [-0.05, 0) is 48.2 Å². The van der Waals surface area contributed by atoms with Gasteiger partial charge in [0.15, 0.2) is 11.5 Å². The molecule has 0 amide bonds. The molecule has 1 aromatic heterocycles. The number of hydrogen-bond acceptors (Lipinski definition) is 10. The molecule has 0 spiro atoms. The standard InChI is InChI=1S/C18H16NO7PS2/c1-23-13-4-3-10(7-16(13)29-27(20,21)22)12-8-28-19-17(12)11-5-14(24-2)18-15(6-11)25-9-26-18/h3-8H,9H2,1-2H3,(H2,20,21,22)/p-2. The van der Waals surface area contributed by atoms with E-state index in [1.165, 1.54) is 18.6 Å². The van der Waals surface area contributed by atoms with Crippen LogP contribution >= 0.6 is 29.7 Å². The van der Waals surface area contributed by atoms with E-state index in [0.29, 0.717) is 34.3 Å². The Bertz CT molecular complexity index is 1110. The lowest BCUT2D eigenvalue weighted by molar-refractivity contribution is -0.302. The topological polar surface area (TPSA) is 113 Å². The molecule has 1 aliphatic heterocycles. The van der Waals surface area contributed by atoms with Crippen LogP contribution in [0.25, 0.3) is 22.4 Å². The van der Waals surface area contributed by atoms with Gasteiger partial charge in [-0.1, -0.05) is 17.4 Å². The summed E-state index contributed by atoms with van der Waals surface area (Å²) in [4.78, 5) is 22.7. The van der Waals surface area contributed by atoms with Crippen molar-refractivity contribution in [3.63, 3.8) is 0 Å². The predicted octanol–water partition coefficient (Wildman–Crippen LogP) is 3.14. The van der Waals surface area contributed by atoms with Gasteiger partial charge in [-0.3, -0.25) is 0 Å². The van der Waals surface area contributed by atoms with E-state index in [1.807, 2.05) is 11.4 Å². The Balaban J connectivity index is 1.80. The molecule has 0 bridgehead atoms. The fraction of sp³-hybridized carbons (Fsp3) is 0.167. The highest BCUT2D eigenvalue weighted by molar-refractivity contribution is 8.53. The molecule has 2 aromatic carbocycles. The van der Waals surface area contributed by atoms with Crippen molar-refractivity contribution in [1.82, 2.24) is 4.37 Å². The van der Waals surface area contributed by atoms with Gasteiger partial charge in [0.2, 0.25) is 12.5 Å². The van der Waals surface area contributed by atoms with Crippen molar-refractivity contribution in [1.29, 1.82) is 0 Å². The molecule has 0 N–H and O–H groups in total. The zero-order valence-electron chi connectivity index (χ0n) is 15.2. The molecule has 29 heavy (non-hydrogen) atoms. The second-order valence-electron chi connectivity index (χ2n) is 5.89. The van der Waals surface area contributed by atoms with Gasteiger partial charge in [-0.15, -0.1) is 0 Å². The Morgan fingerprint density at radius 2 is 1.90 bits per heavy atom. The Labute approximate surface area is 174 Å². The molecule has 0 unspecified atom stereocenters. The molecule has 0 radical (unpaired) electrons. The highest BCUT2D eigenvalue weighted by Crippen LogP contribution is 2.51. The van der Waals surface area contributed by atoms with E-state index in [9.17, 15) is 14.4 Å². The van der Waals surface area contributed by atoms with Gasteiger partial charge < -0.3 is 33.3 Å². The van der Waals surface area contributed by atoms with Crippen molar-refractivity contribution in [2.75, 3.05) is 21.0 Å². The Morgan fingerprint density at radius 1 is 1.10 bits per heavy atom. The smallest absolute Gasteiger partial charge is 0.231 e. The molecule has 0 saturated heterocycles. The first-order chi connectivity index (χ1) is 13.9. The molecule has 152 valence electrons. The first-order valence-corrected chi connectivity index (χ1v) is 12.0. The summed E-state index contributed by atoms with van der Waals surface area (Å²) in [5, 5.41) is 1.84. The molecule has 0 atom stereocenters. The van der Waals surface area contributed by atoms with Crippen LogP contribution in [0.4, 0.5) is 0 Å². The maximum Gasteiger partial charge on any atom is 0.231 e. The lowest BCUT2D eigenvalue weighted by Gasteiger charge is -2.28. The van der Waals surface area contributed by atoms with Crippen LogP contribution in [0.3, 0.4) is 0 Å². The highest BCUT2D eigenvalue weighted by Gasteiger charge is 2.23. The SMILES string of the molecule is COc1ccc(-c2csnc2-c2cc(OC)c3c(c2)OCO3)cc1SP(=O)([O-])[O-]. The average Bonchev–Trinajstić information content (AvgIpc) is 3.35. The summed E-state index contributed by atoms with van der Waals surface area (Å²) >= 11 is 1.49. The van der Waals surface area contributed by atoms with Gasteiger partial charge in [-0.25, -0.2) is 0 Å². The van der Waals surface area contributed by atoms with Gasteiger partial charge in [-0.2, -0.15) is 4.37 Å². The lowest BCUT2D eigenvalue weighted by Crippen LogP contribution is -2.09. The van der Waals surface area contributed by atoms with Crippen LogP contribution in [0.5, 0.6) is 23.0 Å². The third-order valence-electron chi connectivity index (χ3n) is 4.19. The number of benzene rings is 2. The van der Waals surface area contributed by atoms with E-state index in [2.05, 4.69) is 4.37 Å². The minimum Gasteiger partial charge on any atom is -0.803 e. The van der Waals surface area contributed by atoms with Gasteiger partial charge in [0, 0.05) is 16.5 Å². The number of hydrogen-bond donors (Lipinski definition) is 0. The second kappa shape index (κ2) is 7.89. The van der Waals surface area contributed by atoms with Gasteiger partial charge >= 0.3 is 0 Å². The van der Waals surface area contributed by atoms with E-state index in [1.54, 1.807) is 31.4 Å². The van der Waals surface area contributed by atoms with E-state index in [-0.39, 0.29) is 23.1 Å². The van der Waals surface area contributed by atoms with E-state index in [0.717, 1.165) is 11.1 Å². The normalized spacial score (nSPS) is 12.8. The van der Waals surface area contributed by atoms with Crippen LogP contribution in [0.2, 0.25) is 0 Å². The second-order valence-corrected chi connectivity index (χ2v) is 9.93. The van der Waals surface area contributed by atoms with Crippen molar-refractivity contribution >= 4 is 29.7 Å². The Kier molecular flexibility index (Phi) is 5.46. The summed E-state index contributed by atoms with van der Waals surface area (Å²) in [6.45, 7) is -4.72. The van der Waals surface area contributed by atoms with E-state index < -0.39 is 6.80 Å². The minimum atomic E-state index is -4.84. The van der Waals surface area contributed by atoms with Crippen LogP contribution in [0.1, 0.15) is 0 Å². The van der Waals surface area contributed by atoms with Crippen molar-refractivity contribution < 1.29 is 33.3 Å². The van der Waals surface area contributed by atoms with Crippen molar-refractivity contribution in [2.45, 2.75) is 4.90 Å². The first-order valence-electron chi connectivity index (χ1n) is 8.22. The summed E-state index contributed by atoms with van der Waals surface area (Å²) in [5.74, 6) is 1.93. The molecule has 0 saturated carbocycles. The highest BCUT2D eigenvalue weighted by atomic mass is 32.7. The largest absolute Gasteiger partial charge is 0.803 e. The Hall–Kier alpha value is -2.23. The lowest BCUT2D eigenvalue weighted by atomic mass is 10.0. The molecular weight excluding hydrogens is 437 g/mol. The van der Waals surface area contributed by atoms with Crippen molar-refractivity contribution in [3.8, 4) is 45.4 Å². The van der Waals surface area contributed by atoms with Gasteiger partial charge in [0.25, 0.3) is 0 Å². The fourth-order valence-electron chi connectivity index (χ4n) is 2.95. The molecule has 0 fully saturated rings. The third-order valence-corrected chi connectivity index (χ3v) is 6.82. The molecule has 1 aliphatic rings. The van der Waals surface area contributed by atoms with Crippen molar-refractivity contribution in [2.24, 2.45) is 0 Å². The summed E-state index contributed by atoms with van der Waals surface area (Å²) < 4.78 is 37.2. The monoisotopic (exact) mass is 451 g/mol. The van der Waals surface area contributed by atoms with Crippen LogP contribution in [0.15, 0.2) is 40.6 Å². The molecule has 4 rings (SSSR count). The summed E-state index contributed by atoms with van der Waals surface area (Å²) in [5.41, 5.74) is 2.89. The number of nitrogens with zero attached hydrogens (tertiary/aromatic N) is 1. The number of ether oxygens (including phenoxy) is 4. The van der Waals surface area contributed by atoms with Crippen LogP contribution in [-0.2, 0) is 4.57 Å². The molecule has 0 aliphatic carbocycles. The third kappa shape index (κ3) is 4.08. The van der Waals surface area contributed by atoms with Crippen LogP contribution in [-0.4, -0.2) is 25.4 Å². The predicted molar refractivity (Wildman–Crippen MR) is 106 cm³/mol. The number of rotatable bonds is 6. The van der Waals surface area contributed by atoms with Gasteiger partial charge in [0.1, 0.15) is 5.75 Å². The molecular formula is C18H14NO7PS2-2. The number of fused-ring (bicyclic) bond motifs is 1. The number of aromatic nitrogens is 1. The Morgan fingerprint density at radius 3 is 2.62 bits per heavy atom. The van der Waals surface area contributed by atoms with Crippen LogP contribution in [0, 0.1) is 0 Å². The first kappa shape index (κ1) is 20.1. The molecule has 3 aromatic rings. The maximum atomic E-state index is 11.3. The minimum absolute atomic E-state index is 0.114. The molecule has 11 heteroatoms. The summed E-state index contributed by atoms with van der Waals surface area (Å²) in [7, 11) is 2.95. The summed E-state index contributed by atoms with van der Waals surface area (Å²) in [6.07, 6.45) is 0. The van der Waals surface area contributed by atoms with E-state index in [4.69, 9.17) is 18.9 Å². The molecule has 2 heterocycles. The molecule has 8 nitrogen and oxygen atoms in total. The quantitative estimate of drug-likeness (QED) is 0.522.